The smallest absolute Gasteiger partial charge is 0.132 e. The van der Waals surface area contributed by atoms with Crippen LogP contribution in [0.2, 0.25) is 0 Å². The molecule has 0 saturated carbocycles. The average Bonchev–Trinajstić information content (AvgIpc) is 2.80. The molecular weight excluding hydrogens is 285 g/mol. The molecule has 1 heterocycles. The minimum absolute atomic E-state index is 0.165. The number of rotatable bonds is 8. The Balaban J connectivity index is 2.27. The molecule has 0 radical (unpaired) electrons. The lowest BCUT2D eigenvalue weighted by molar-refractivity contribution is 0.126. The number of ether oxygens (including phenoxy) is 1. The highest BCUT2D eigenvalue weighted by Gasteiger charge is 2.15. The summed E-state index contributed by atoms with van der Waals surface area (Å²) in [7, 11) is 0. The average molecular weight is 307 g/mol. The van der Waals surface area contributed by atoms with Crippen LogP contribution in [0.1, 0.15) is 30.7 Å². The van der Waals surface area contributed by atoms with Gasteiger partial charge in [0.15, 0.2) is 0 Å². The molecule has 21 heavy (non-hydrogen) atoms. The predicted octanol–water partition coefficient (Wildman–Crippen LogP) is 4.63. The molecule has 0 fully saturated rings. The van der Waals surface area contributed by atoms with E-state index in [1.807, 2.05) is 12.1 Å². The van der Waals surface area contributed by atoms with E-state index >= 15 is 0 Å². The number of hydrogen-bond acceptors (Lipinski definition) is 3. The zero-order valence-corrected chi connectivity index (χ0v) is 13.4. The van der Waals surface area contributed by atoms with Gasteiger partial charge < -0.3 is 10.1 Å². The molecule has 0 aliphatic carbocycles. The Hall–Kier alpha value is -1.23. The van der Waals surface area contributed by atoms with E-state index in [-0.39, 0.29) is 5.82 Å². The van der Waals surface area contributed by atoms with Crippen LogP contribution in [0.4, 0.5) is 4.39 Å². The van der Waals surface area contributed by atoms with Gasteiger partial charge in [-0.1, -0.05) is 26.0 Å². The summed E-state index contributed by atoms with van der Waals surface area (Å²) in [6, 6.07) is 5.64. The number of benzene rings is 1. The van der Waals surface area contributed by atoms with E-state index in [0.717, 1.165) is 28.1 Å². The summed E-state index contributed by atoms with van der Waals surface area (Å²) < 4.78 is 20.8. The second-order valence-electron chi connectivity index (χ2n) is 5.28. The maximum absolute atomic E-state index is 14.1. The van der Waals surface area contributed by atoms with Crippen LogP contribution >= 0.6 is 11.3 Å². The Labute approximate surface area is 129 Å². The number of nitrogens with one attached hydrogen (secondary N) is 1. The molecule has 0 spiro atoms. The second kappa shape index (κ2) is 7.69. The Morgan fingerprint density at radius 3 is 2.95 bits per heavy atom. The monoisotopic (exact) mass is 307 g/mol. The zero-order valence-electron chi connectivity index (χ0n) is 12.6. The summed E-state index contributed by atoms with van der Waals surface area (Å²) in [5.41, 5.74) is 0.977. The van der Waals surface area contributed by atoms with Crippen molar-refractivity contribution >= 4 is 21.4 Å². The van der Waals surface area contributed by atoms with Crippen molar-refractivity contribution in [3.05, 3.63) is 47.1 Å². The van der Waals surface area contributed by atoms with Crippen LogP contribution in [0.5, 0.6) is 0 Å². The van der Waals surface area contributed by atoms with Gasteiger partial charge in [0.1, 0.15) is 5.82 Å². The highest BCUT2D eigenvalue weighted by molar-refractivity contribution is 7.19. The van der Waals surface area contributed by atoms with Gasteiger partial charge in [-0.15, -0.1) is 17.9 Å². The fourth-order valence-electron chi connectivity index (χ4n) is 2.15. The maximum atomic E-state index is 14.1. The largest absolute Gasteiger partial charge is 0.376 e. The molecule has 0 aliphatic heterocycles. The third-order valence-electron chi connectivity index (χ3n) is 3.23. The molecule has 4 heteroatoms. The van der Waals surface area contributed by atoms with Gasteiger partial charge >= 0.3 is 0 Å². The Morgan fingerprint density at radius 1 is 1.43 bits per heavy atom. The second-order valence-corrected chi connectivity index (χ2v) is 6.42. The van der Waals surface area contributed by atoms with E-state index < -0.39 is 0 Å². The molecule has 0 amide bonds. The van der Waals surface area contributed by atoms with Crippen molar-refractivity contribution in [2.75, 3.05) is 6.61 Å². The van der Waals surface area contributed by atoms with Gasteiger partial charge in [-0.2, -0.15) is 0 Å². The van der Waals surface area contributed by atoms with Crippen molar-refractivity contribution in [1.29, 1.82) is 0 Å². The molecular formula is C17H22FNOS. The van der Waals surface area contributed by atoms with E-state index in [0.29, 0.717) is 24.6 Å². The van der Waals surface area contributed by atoms with Crippen molar-refractivity contribution in [1.82, 2.24) is 5.32 Å². The predicted molar refractivity (Wildman–Crippen MR) is 88.2 cm³/mol. The standard InChI is InChI=1S/C17H22FNOS/c1-4-5-9-20-11-13-16(10-19-12(2)3)21-15-8-6-7-14(18)17(13)15/h4,6-8,12,19H,1,5,9-11H2,2-3H3. The lowest BCUT2D eigenvalue weighted by Crippen LogP contribution is -2.21. The highest BCUT2D eigenvalue weighted by Crippen LogP contribution is 2.33. The summed E-state index contributed by atoms with van der Waals surface area (Å²) in [5, 5.41) is 4.11. The molecule has 0 aliphatic rings. The Bertz CT molecular complexity index is 606. The number of thiophene rings is 1. The summed E-state index contributed by atoms with van der Waals surface area (Å²) in [6.45, 7) is 9.70. The molecule has 2 nitrogen and oxygen atoms in total. The van der Waals surface area contributed by atoms with Crippen molar-refractivity contribution in [3.63, 3.8) is 0 Å². The molecule has 1 N–H and O–H groups in total. The maximum Gasteiger partial charge on any atom is 0.132 e. The summed E-state index contributed by atoms with van der Waals surface area (Å²) in [6.07, 6.45) is 2.64. The van der Waals surface area contributed by atoms with Gasteiger partial charge in [0.05, 0.1) is 13.2 Å². The molecule has 1 aromatic carbocycles. The van der Waals surface area contributed by atoms with Gasteiger partial charge in [0.2, 0.25) is 0 Å². The SMILES string of the molecule is C=CCCOCc1c(CNC(C)C)sc2cccc(F)c12. The van der Waals surface area contributed by atoms with Crippen LogP contribution in [0, 0.1) is 5.82 Å². The number of halogens is 1. The fraction of sp³-hybridized carbons (Fsp3) is 0.412. The van der Waals surface area contributed by atoms with Gasteiger partial charge in [-0.3, -0.25) is 0 Å². The van der Waals surface area contributed by atoms with Crippen LogP contribution in [-0.4, -0.2) is 12.6 Å². The number of hydrogen-bond donors (Lipinski definition) is 1. The van der Waals surface area contributed by atoms with E-state index in [4.69, 9.17) is 4.74 Å². The van der Waals surface area contributed by atoms with E-state index in [9.17, 15) is 4.39 Å². The van der Waals surface area contributed by atoms with Crippen molar-refractivity contribution in [2.45, 2.75) is 39.5 Å². The van der Waals surface area contributed by atoms with Crippen LogP contribution < -0.4 is 5.32 Å². The topological polar surface area (TPSA) is 21.3 Å². The fourth-order valence-corrected chi connectivity index (χ4v) is 3.32. The summed E-state index contributed by atoms with van der Waals surface area (Å²) in [5.74, 6) is -0.165. The normalized spacial score (nSPS) is 11.4. The minimum Gasteiger partial charge on any atom is -0.376 e. The summed E-state index contributed by atoms with van der Waals surface area (Å²) >= 11 is 1.64. The van der Waals surface area contributed by atoms with E-state index in [2.05, 4.69) is 25.7 Å². The number of fused-ring (bicyclic) bond motifs is 1. The van der Waals surface area contributed by atoms with Gasteiger partial charge in [0.25, 0.3) is 0 Å². The van der Waals surface area contributed by atoms with Gasteiger partial charge in [-0.05, 0) is 18.6 Å². The van der Waals surface area contributed by atoms with Crippen LogP contribution in [0.25, 0.3) is 10.1 Å². The van der Waals surface area contributed by atoms with Crippen LogP contribution in [-0.2, 0) is 17.9 Å². The first-order valence-corrected chi connectivity index (χ1v) is 8.06. The first-order valence-electron chi connectivity index (χ1n) is 7.24. The third kappa shape index (κ3) is 4.13. The first kappa shape index (κ1) is 16.1. The molecule has 0 unspecified atom stereocenters. The molecule has 114 valence electrons. The van der Waals surface area contributed by atoms with Gasteiger partial charge in [-0.25, -0.2) is 4.39 Å². The lowest BCUT2D eigenvalue weighted by atomic mass is 10.1. The van der Waals surface area contributed by atoms with Crippen molar-refractivity contribution < 1.29 is 9.13 Å². The van der Waals surface area contributed by atoms with Crippen molar-refractivity contribution in [3.8, 4) is 0 Å². The quantitative estimate of drug-likeness (QED) is 0.567. The molecule has 0 atom stereocenters. The van der Waals surface area contributed by atoms with E-state index in [1.54, 1.807) is 17.4 Å². The van der Waals surface area contributed by atoms with Crippen LogP contribution in [0.3, 0.4) is 0 Å². The molecule has 2 aromatic rings. The Morgan fingerprint density at radius 2 is 2.24 bits per heavy atom. The van der Waals surface area contributed by atoms with E-state index in [1.165, 1.54) is 6.07 Å². The minimum atomic E-state index is -0.165. The van der Waals surface area contributed by atoms with Crippen LogP contribution in [0.15, 0.2) is 30.9 Å². The van der Waals surface area contributed by atoms with Gasteiger partial charge in [0, 0.05) is 33.1 Å². The molecule has 2 rings (SSSR count). The molecule has 0 saturated heterocycles. The lowest BCUT2D eigenvalue weighted by Gasteiger charge is -2.09. The third-order valence-corrected chi connectivity index (χ3v) is 4.43. The van der Waals surface area contributed by atoms with Crippen molar-refractivity contribution in [2.24, 2.45) is 0 Å². The molecule has 0 bridgehead atoms. The summed E-state index contributed by atoms with van der Waals surface area (Å²) in [4.78, 5) is 1.16. The first-order chi connectivity index (χ1) is 10.1. The zero-order chi connectivity index (χ0) is 15.2. The highest BCUT2D eigenvalue weighted by atomic mass is 32.1. The molecule has 1 aromatic heterocycles. The Kier molecular flexibility index (Phi) is 5.91.